The zero-order chi connectivity index (χ0) is 18.6. The molecular weight excluding hydrogens is 324 g/mol. The van der Waals surface area contributed by atoms with E-state index in [0.29, 0.717) is 0 Å². The summed E-state index contributed by atoms with van der Waals surface area (Å²) in [5, 5.41) is 0. The Morgan fingerprint density at radius 3 is 2.50 bits per heavy atom. The standard InChI is InChI=1S/C22H32N2O2/c1-21(2)11-7-12-22(3,26-21)13-8-14-23-15-17-24(18-16-23)19-9-5-6-10-20(19)25-4/h5-6,9-10H,7,11-12,14-18H2,1-4H3/t22-/m0/s1. The maximum Gasteiger partial charge on any atom is 0.142 e. The lowest BCUT2D eigenvalue weighted by atomic mass is 9.88. The topological polar surface area (TPSA) is 24.9 Å². The Morgan fingerprint density at radius 1 is 1.08 bits per heavy atom. The minimum atomic E-state index is -0.291. The molecule has 0 radical (unpaired) electrons. The number of hydrogen-bond donors (Lipinski definition) is 0. The van der Waals surface area contributed by atoms with Crippen LogP contribution < -0.4 is 9.64 Å². The summed E-state index contributed by atoms with van der Waals surface area (Å²) in [7, 11) is 1.74. The van der Waals surface area contributed by atoms with Crippen molar-refractivity contribution in [2.75, 3.05) is 44.7 Å². The summed E-state index contributed by atoms with van der Waals surface area (Å²) in [6, 6.07) is 8.25. The van der Waals surface area contributed by atoms with Crippen LogP contribution in [-0.4, -0.2) is 55.9 Å². The highest BCUT2D eigenvalue weighted by atomic mass is 16.5. The van der Waals surface area contributed by atoms with E-state index in [0.717, 1.165) is 51.3 Å². The number of benzene rings is 1. The van der Waals surface area contributed by atoms with Crippen molar-refractivity contribution < 1.29 is 9.47 Å². The Kier molecular flexibility index (Phi) is 5.79. The molecule has 0 amide bonds. The van der Waals surface area contributed by atoms with Crippen LogP contribution in [0.4, 0.5) is 5.69 Å². The van der Waals surface area contributed by atoms with E-state index in [2.05, 4.69) is 54.5 Å². The molecule has 142 valence electrons. The number of ether oxygens (including phenoxy) is 2. The first kappa shape index (κ1) is 19.1. The molecule has 1 atom stereocenters. The fraction of sp³-hybridized carbons (Fsp3) is 0.636. The number of anilines is 1. The largest absolute Gasteiger partial charge is 0.495 e. The molecule has 0 aliphatic carbocycles. The molecule has 0 bridgehead atoms. The molecular formula is C22H32N2O2. The quantitative estimate of drug-likeness (QED) is 0.773. The van der Waals surface area contributed by atoms with Gasteiger partial charge in [0.2, 0.25) is 0 Å². The number of methoxy groups -OCH3 is 1. The Labute approximate surface area is 158 Å². The molecule has 3 rings (SSSR count). The maximum absolute atomic E-state index is 6.24. The second kappa shape index (κ2) is 7.90. The van der Waals surface area contributed by atoms with Crippen LogP contribution in [0.5, 0.6) is 5.75 Å². The molecule has 2 aliphatic heterocycles. The van der Waals surface area contributed by atoms with E-state index in [1.165, 1.54) is 12.1 Å². The summed E-state index contributed by atoms with van der Waals surface area (Å²) in [5.41, 5.74) is 0.842. The summed E-state index contributed by atoms with van der Waals surface area (Å²) < 4.78 is 11.7. The van der Waals surface area contributed by atoms with Crippen LogP contribution in [0.1, 0.15) is 40.0 Å². The lowest BCUT2D eigenvalue weighted by molar-refractivity contribution is -0.135. The van der Waals surface area contributed by atoms with Gasteiger partial charge in [-0.05, 0) is 52.2 Å². The SMILES string of the molecule is COc1ccccc1N1CCN(CC#C[C@]2(C)CCCC(C)(C)O2)CC1. The van der Waals surface area contributed by atoms with E-state index in [9.17, 15) is 0 Å². The molecule has 26 heavy (non-hydrogen) atoms. The van der Waals surface area contributed by atoms with Crippen molar-refractivity contribution in [2.45, 2.75) is 51.2 Å². The van der Waals surface area contributed by atoms with Crippen molar-refractivity contribution in [3.8, 4) is 17.6 Å². The van der Waals surface area contributed by atoms with Gasteiger partial charge in [-0.25, -0.2) is 0 Å². The number of rotatable bonds is 3. The van der Waals surface area contributed by atoms with E-state index < -0.39 is 0 Å². The molecule has 0 aromatic heterocycles. The van der Waals surface area contributed by atoms with Crippen molar-refractivity contribution in [3.05, 3.63) is 24.3 Å². The van der Waals surface area contributed by atoms with Gasteiger partial charge in [0.25, 0.3) is 0 Å². The Morgan fingerprint density at radius 2 is 1.81 bits per heavy atom. The average molecular weight is 357 g/mol. The summed E-state index contributed by atoms with van der Waals surface area (Å²) in [6.45, 7) is 11.4. The lowest BCUT2D eigenvalue weighted by Gasteiger charge is -2.40. The molecule has 2 saturated heterocycles. The minimum absolute atomic E-state index is 0.0535. The first-order valence-electron chi connectivity index (χ1n) is 9.71. The van der Waals surface area contributed by atoms with Gasteiger partial charge in [-0.15, -0.1) is 0 Å². The third-order valence-electron chi connectivity index (χ3n) is 5.39. The third kappa shape index (κ3) is 4.72. The number of nitrogens with zero attached hydrogens (tertiary/aromatic N) is 2. The fourth-order valence-corrected chi connectivity index (χ4v) is 4.03. The van der Waals surface area contributed by atoms with Crippen LogP contribution in [0.3, 0.4) is 0 Å². The van der Waals surface area contributed by atoms with Crippen LogP contribution >= 0.6 is 0 Å². The third-order valence-corrected chi connectivity index (χ3v) is 5.39. The fourth-order valence-electron chi connectivity index (χ4n) is 4.03. The van der Waals surface area contributed by atoms with Crippen molar-refractivity contribution in [1.29, 1.82) is 0 Å². The molecule has 0 unspecified atom stereocenters. The smallest absolute Gasteiger partial charge is 0.142 e. The van der Waals surface area contributed by atoms with E-state index in [1.54, 1.807) is 7.11 Å². The van der Waals surface area contributed by atoms with Crippen LogP contribution in [-0.2, 0) is 4.74 Å². The molecule has 2 heterocycles. The maximum atomic E-state index is 6.24. The van der Waals surface area contributed by atoms with E-state index in [1.807, 2.05) is 12.1 Å². The van der Waals surface area contributed by atoms with Crippen LogP contribution in [0.15, 0.2) is 24.3 Å². The van der Waals surface area contributed by atoms with Crippen molar-refractivity contribution in [3.63, 3.8) is 0 Å². The van der Waals surface area contributed by atoms with Gasteiger partial charge in [0.1, 0.15) is 11.4 Å². The number of para-hydroxylation sites is 2. The first-order chi connectivity index (χ1) is 12.4. The van der Waals surface area contributed by atoms with Crippen LogP contribution in [0.2, 0.25) is 0 Å². The molecule has 2 aliphatic rings. The highest BCUT2D eigenvalue weighted by Crippen LogP contribution is 2.34. The Balaban J connectivity index is 1.52. The summed E-state index contributed by atoms with van der Waals surface area (Å²) in [6.07, 6.45) is 3.34. The average Bonchev–Trinajstić information content (AvgIpc) is 2.61. The van der Waals surface area contributed by atoms with Gasteiger partial charge in [-0.1, -0.05) is 24.0 Å². The molecule has 0 spiro atoms. The van der Waals surface area contributed by atoms with Gasteiger partial charge in [0.15, 0.2) is 0 Å². The monoisotopic (exact) mass is 356 g/mol. The second-order valence-electron chi connectivity index (χ2n) is 8.18. The number of piperazine rings is 1. The molecule has 1 aromatic carbocycles. The van der Waals surface area contributed by atoms with E-state index >= 15 is 0 Å². The predicted molar refractivity (Wildman–Crippen MR) is 107 cm³/mol. The van der Waals surface area contributed by atoms with Gasteiger partial charge in [-0.2, -0.15) is 0 Å². The van der Waals surface area contributed by atoms with Crippen molar-refractivity contribution >= 4 is 5.69 Å². The van der Waals surface area contributed by atoms with E-state index in [4.69, 9.17) is 9.47 Å². The zero-order valence-electron chi connectivity index (χ0n) is 16.7. The van der Waals surface area contributed by atoms with Gasteiger partial charge in [0.05, 0.1) is 24.9 Å². The summed E-state index contributed by atoms with van der Waals surface area (Å²) in [4.78, 5) is 4.83. The molecule has 1 aromatic rings. The normalized spacial score (nSPS) is 26.1. The highest BCUT2D eigenvalue weighted by Gasteiger charge is 2.35. The second-order valence-corrected chi connectivity index (χ2v) is 8.18. The lowest BCUT2D eigenvalue weighted by Crippen LogP contribution is -2.46. The van der Waals surface area contributed by atoms with Gasteiger partial charge in [0, 0.05) is 26.2 Å². The van der Waals surface area contributed by atoms with Gasteiger partial charge >= 0.3 is 0 Å². The van der Waals surface area contributed by atoms with Gasteiger partial charge < -0.3 is 14.4 Å². The van der Waals surface area contributed by atoms with E-state index in [-0.39, 0.29) is 11.2 Å². The first-order valence-corrected chi connectivity index (χ1v) is 9.71. The number of hydrogen-bond acceptors (Lipinski definition) is 4. The molecule has 4 heteroatoms. The predicted octanol–water partition coefficient (Wildman–Crippen LogP) is 3.56. The Hall–Kier alpha value is -1.70. The molecule has 0 N–H and O–H groups in total. The zero-order valence-corrected chi connectivity index (χ0v) is 16.7. The van der Waals surface area contributed by atoms with Crippen molar-refractivity contribution in [1.82, 2.24) is 4.90 Å². The summed E-state index contributed by atoms with van der Waals surface area (Å²) in [5.74, 6) is 7.75. The molecule has 2 fully saturated rings. The van der Waals surface area contributed by atoms with Gasteiger partial charge in [-0.3, -0.25) is 4.90 Å². The Bertz CT molecular complexity index is 668. The summed E-state index contributed by atoms with van der Waals surface area (Å²) >= 11 is 0. The molecule has 0 saturated carbocycles. The van der Waals surface area contributed by atoms with Crippen molar-refractivity contribution in [2.24, 2.45) is 0 Å². The molecule has 4 nitrogen and oxygen atoms in total. The van der Waals surface area contributed by atoms with Crippen LogP contribution in [0, 0.1) is 11.8 Å². The highest BCUT2D eigenvalue weighted by molar-refractivity contribution is 5.58. The van der Waals surface area contributed by atoms with Crippen LogP contribution in [0.25, 0.3) is 0 Å². The minimum Gasteiger partial charge on any atom is -0.495 e.